The molecule has 0 saturated heterocycles. The van der Waals surface area contributed by atoms with Gasteiger partial charge >= 0.3 is 6.03 Å². The van der Waals surface area contributed by atoms with E-state index in [1.54, 1.807) is 6.92 Å². The van der Waals surface area contributed by atoms with Crippen molar-refractivity contribution in [3.05, 3.63) is 0 Å². The monoisotopic (exact) mass is 215 g/mol. The van der Waals surface area contributed by atoms with Crippen LogP contribution >= 0.6 is 0 Å². The van der Waals surface area contributed by atoms with Crippen LogP contribution in [0.2, 0.25) is 0 Å². The molecule has 1 saturated carbocycles. The number of ether oxygens (including phenoxy) is 1. The standard InChI is InChI=1S/C9H17N3O3/c1-5(8(13)12-9(14)11-2)15-7-3-6(10)4-7/h5-7H,3-4,10H2,1-2H3,(H2,11,12,13,14). The van der Waals surface area contributed by atoms with Gasteiger partial charge in [0.05, 0.1) is 6.10 Å². The van der Waals surface area contributed by atoms with Crippen molar-refractivity contribution < 1.29 is 14.3 Å². The molecule has 0 aromatic rings. The van der Waals surface area contributed by atoms with E-state index in [0.717, 1.165) is 12.8 Å². The van der Waals surface area contributed by atoms with E-state index in [2.05, 4.69) is 10.6 Å². The van der Waals surface area contributed by atoms with Gasteiger partial charge in [-0.15, -0.1) is 0 Å². The highest BCUT2D eigenvalue weighted by Crippen LogP contribution is 2.22. The number of hydrogen-bond acceptors (Lipinski definition) is 4. The second-order valence-corrected chi connectivity index (χ2v) is 3.70. The fourth-order valence-electron chi connectivity index (χ4n) is 1.34. The predicted molar refractivity (Wildman–Crippen MR) is 54.1 cm³/mol. The van der Waals surface area contributed by atoms with Gasteiger partial charge in [0.2, 0.25) is 0 Å². The topological polar surface area (TPSA) is 93.5 Å². The van der Waals surface area contributed by atoms with Crippen molar-refractivity contribution in [1.29, 1.82) is 0 Å². The Kier molecular flexibility index (Phi) is 4.05. The molecular weight excluding hydrogens is 198 g/mol. The summed E-state index contributed by atoms with van der Waals surface area (Å²) in [5, 5.41) is 4.44. The zero-order valence-electron chi connectivity index (χ0n) is 8.95. The Morgan fingerprint density at radius 2 is 2.07 bits per heavy atom. The maximum atomic E-state index is 11.3. The average molecular weight is 215 g/mol. The molecule has 0 bridgehead atoms. The minimum Gasteiger partial charge on any atom is -0.365 e. The van der Waals surface area contributed by atoms with E-state index in [1.165, 1.54) is 7.05 Å². The number of nitrogens with two attached hydrogens (primary N) is 1. The van der Waals surface area contributed by atoms with Gasteiger partial charge in [-0.05, 0) is 19.8 Å². The normalized spacial score (nSPS) is 26.3. The maximum Gasteiger partial charge on any atom is 0.321 e. The average Bonchev–Trinajstić information content (AvgIpc) is 2.15. The third-order valence-electron chi connectivity index (χ3n) is 2.36. The molecule has 1 unspecified atom stereocenters. The van der Waals surface area contributed by atoms with Crippen molar-refractivity contribution in [3.8, 4) is 0 Å². The molecule has 6 nitrogen and oxygen atoms in total. The predicted octanol–water partition coefficient (Wildman–Crippen LogP) is -0.663. The number of rotatable bonds is 3. The van der Waals surface area contributed by atoms with Crippen molar-refractivity contribution >= 4 is 11.9 Å². The Labute approximate surface area is 88.5 Å². The molecule has 6 heteroatoms. The number of amides is 3. The van der Waals surface area contributed by atoms with Crippen LogP contribution < -0.4 is 16.4 Å². The lowest BCUT2D eigenvalue weighted by Crippen LogP contribution is -2.48. The number of nitrogens with one attached hydrogen (secondary N) is 2. The largest absolute Gasteiger partial charge is 0.365 e. The van der Waals surface area contributed by atoms with E-state index in [4.69, 9.17) is 10.5 Å². The summed E-state index contributed by atoms with van der Waals surface area (Å²) in [6, 6.07) is -0.343. The quantitative estimate of drug-likeness (QED) is 0.582. The lowest BCUT2D eigenvalue weighted by atomic mass is 9.90. The van der Waals surface area contributed by atoms with Gasteiger partial charge in [-0.2, -0.15) is 0 Å². The molecule has 4 N–H and O–H groups in total. The van der Waals surface area contributed by atoms with Gasteiger partial charge in [0, 0.05) is 13.1 Å². The number of hydrogen-bond donors (Lipinski definition) is 3. The van der Waals surface area contributed by atoms with Crippen molar-refractivity contribution in [3.63, 3.8) is 0 Å². The van der Waals surface area contributed by atoms with E-state index >= 15 is 0 Å². The molecular formula is C9H17N3O3. The minimum atomic E-state index is -0.625. The van der Waals surface area contributed by atoms with Gasteiger partial charge in [0.1, 0.15) is 6.10 Å². The van der Waals surface area contributed by atoms with Gasteiger partial charge in [-0.3, -0.25) is 10.1 Å². The second-order valence-electron chi connectivity index (χ2n) is 3.70. The molecule has 0 radical (unpaired) electrons. The Morgan fingerprint density at radius 1 is 1.47 bits per heavy atom. The van der Waals surface area contributed by atoms with Gasteiger partial charge in [-0.25, -0.2) is 4.79 Å². The van der Waals surface area contributed by atoms with Gasteiger partial charge in [-0.1, -0.05) is 0 Å². The molecule has 0 aliphatic heterocycles. The van der Waals surface area contributed by atoms with Crippen LogP contribution in [0.3, 0.4) is 0 Å². The van der Waals surface area contributed by atoms with E-state index in [1.807, 2.05) is 0 Å². The molecule has 86 valence electrons. The molecule has 0 aromatic heterocycles. The number of carbonyl (C=O) groups excluding carboxylic acids is 2. The molecule has 0 spiro atoms. The Bertz CT molecular complexity index is 251. The molecule has 1 fully saturated rings. The highest BCUT2D eigenvalue weighted by molar-refractivity contribution is 5.96. The molecule has 0 heterocycles. The van der Waals surface area contributed by atoms with Crippen molar-refractivity contribution in [1.82, 2.24) is 10.6 Å². The lowest BCUT2D eigenvalue weighted by molar-refractivity contribution is -0.138. The first-order valence-corrected chi connectivity index (χ1v) is 4.96. The Morgan fingerprint density at radius 3 is 2.53 bits per heavy atom. The maximum absolute atomic E-state index is 11.3. The zero-order chi connectivity index (χ0) is 11.4. The summed E-state index contributed by atoms with van der Waals surface area (Å²) in [7, 11) is 1.44. The van der Waals surface area contributed by atoms with Crippen molar-refractivity contribution in [2.75, 3.05) is 7.05 Å². The fourth-order valence-corrected chi connectivity index (χ4v) is 1.34. The fraction of sp³-hybridized carbons (Fsp3) is 0.778. The highest BCUT2D eigenvalue weighted by atomic mass is 16.5. The highest BCUT2D eigenvalue weighted by Gasteiger charge is 2.30. The molecule has 1 aliphatic carbocycles. The molecule has 15 heavy (non-hydrogen) atoms. The zero-order valence-corrected chi connectivity index (χ0v) is 8.95. The summed E-state index contributed by atoms with van der Waals surface area (Å²) < 4.78 is 5.39. The number of urea groups is 1. The molecule has 0 aromatic carbocycles. The van der Waals surface area contributed by atoms with Gasteiger partial charge < -0.3 is 15.8 Å². The summed E-state index contributed by atoms with van der Waals surface area (Å²) in [6.07, 6.45) is 0.972. The van der Waals surface area contributed by atoms with Gasteiger partial charge in [0.25, 0.3) is 5.91 Å². The first-order chi connectivity index (χ1) is 7.02. The van der Waals surface area contributed by atoms with Crippen LogP contribution in [0.4, 0.5) is 4.79 Å². The minimum absolute atomic E-state index is 0.0467. The van der Waals surface area contributed by atoms with Gasteiger partial charge in [0.15, 0.2) is 0 Å². The third kappa shape index (κ3) is 3.49. The Hall–Kier alpha value is -1.14. The van der Waals surface area contributed by atoms with E-state index < -0.39 is 18.0 Å². The first-order valence-electron chi connectivity index (χ1n) is 4.96. The van der Waals surface area contributed by atoms with Crippen LogP contribution in [0.15, 0.2) is 0 Å². The number of carbonyl (C=O) groups is 2. The first kappa shape index (κ1) is 11.9. The molecule has 1 atom stereocenters. The van der Waals surface area contributed by atoms with Crippen LogP contribution in [0.1, 0.15) is 19.8 Å². The van der Waals surface area contributed by atoms with Crippen LogP contribution in [-0.4, -0.2) is 37.2 Å². The van der Waals surface area contributed by atoms with Crippen LogP contribution in [0, 0.1) is 0 Å². The van der Waals surface area contributed by atoms with Crippen LogP contribution in [0.25, 0.3) is 0 Å². The summed E-state index contributed by atoms with van der Waals surface area (Å²) in [6.45, 7) is 1.61. The van der Waals surface area contributed by atoms with E-state index in [0.29, 0.717) is 0 Å². The van der Waals surface area contributed by atoms with E-state index in [-0.39, 0.29) is 12.1 Å². The SMILES string of the molecule is CNC(=O)NC(=O)C(C)OC1CC(N)C1. The smallest absolute Gasteiger partial charge is 0.321 e. The number of imide groups is 1. The van der Waals surface area contributed by atoms with Crippen molar-refractivity contribution in [2.24, 2.45) is 5.73 Å². The van der Waals surface area contributed by atoms with Crippen LogP contribution in [-0.2, 0) is 9.53 Å². The summed E-state index contributed by atoms with van der Waals surface area (Å²) in [5.74, 6) is -0.435. The van der Waals surface area contributed by atoms with E-state index in [9.17, 15) is 9.59 Å². The summed E-state index contributed by atoms with van der Waals surface area (Å²) >= 11 is 0. The Balaban J connectivity index is 2.24. The molecule has 1 aliphatic rings. The van der Waals surface area contributed by atoms with Crippen LogP contribution in [0.5, 0.6) is 0 Å². The summed E-state index contributed by atoms with van der Waals surface area (Å²) in [5.41, 5.74) is 5.58. The lowest BCUT2D eigenvalue weighted by Gasteiger charge is -2.33. The summed E-state index contributed by atoms with van der Waals surface area (Å²) in [4.78, 5) is 22.2. The molecule has 1 rings (SSSR count). The molecule has 3 amide bonds. The third-order valence-corrected chi connectivity index (χ3v) is 2.36. The van der Waals surface area contributed by atoms with Crippen molar-refractivity contribution in [2.45, 2.75) is 38.0 Å². The second kappa shape index (κ2) is 5.09.